The summed E-state index contributed by atoms with van der Waals surface area (Å²) in [7, 11) is 8.55. The molecule has 6 heteroatoms. The molecule has 0 atom stereocenters. The van der Waals surface area contributed by atoms with Crippen molar-refractivity contribution < 1.29 is 0 Å². The minimum absolute atomic E-state index is 1.30. The van der Waals surface area contributed by atoms with Gasteiger partial charge in [-0.1, -0.05) is 47.0 Å². The smallest absolute Gasteiger partial charge is 0.107 e. The molecule has 2 nitrogen and oxygen atoms in total. The van der Waals surface area contributed by atoms with E-state index in [2.05, 4.69) is 38.0 Å². The molecule has 3 rings (SSSR count). The fraction of sp³-hybridized carbons (Fsp3) is 0.571. The first kappa shape index (κ1) is 15.1. The molecule has 1 aliphatic carbocycles. The fourth-order valence-corrected chi connectivity index (χ4v) is 8.20. The lowest BCUT2D eigenvalue weighted by molar-refractivity contribution is 0.494. The van der Waals surface area contributed by atoms with E-state index in [-0.39, 0.29) is 0 Å². The Morgan fingerprint density at radius 3 is 1.45 bits per heavy atom. The number of thioether (sulfide) groups is 4. The van der Waals surface area contributed by atoms with E-state index in [0.717, 1.165) is 0 Å². The molecule has 0 saturated heterocycles. The predicted octanol–water partition coefficient (Wildman–Crippen LogP) is 5.11. The van der Waals surface area contributed by atoms with Gasteiger partial charge in [0.15, 0.2) is 0 Å². The third-order valence-corrected chi connectivity index (χ3v) is 9.57. The highest BCUT2D eigenvalue weighted by molar-refractivity contribution is 8.34. The maximum Gasteiger partial charge on any atom is 0.107 e. The zero-order valence-electron chi connectivity index (χ0n) is 12.4. The second kappa shape index (κ2) is 6.15. The molecular weight excluding hydrogens is 324 g/mol. The van der Waals surface area contributed by atoms with Crippen LogP contribution >= 0.6 is 47.0 Å². The molecular formula is C14H20N2S4. The van der Waals surface area contributed by atoms with Gasteiger partial charge in [-0.05, 0) is 25.7 Å². The molecule has 0 aromatic carbocycles. The van der Waals surface area contributed by atoms with Gasteiger partial charge in [0.05, 0.1) is 8.47 Å². The second-order valence-electron chi connectivity index (χ2n) is 5.44. The van der Waals surface area contributed by atoms with Gasteiger partial charge in [0, 0.05) is 38.0 Å². The van der Waals surface area contributed by atoms with E-state index >= 15 is 0 Å². The highest BCUT2D eigenvalue weighted by Crippen LogP contribution is 2.62. The van der Waals surface area contributed by atoms with Crippen LogP contribution in [-0.2, 0) is 0 Å². The van der Waals surface area contributed by atoms with Crippen LogP contribution in [-0.4, -0.2) is 38.0 Å². The molecule has 110 valence electrons. The molecule has 0 fully saturated rings. The molecule has 0 saturated carbocycles. The standard InChI is InChI=1S/C14H20N2S4/c1-15(2)11-12(16(3)4)20-14(19-11)13-17-9-7-5-6-8-10(9)18-13/h5-8H2,1-4H3. The average Bonchev–Trinajstić information content (AvgIpc) is 3.02. The fourth-order valence-electron chi connectivity index (χ4n) is 2.33. The summed E-state index contributed by atoms with van der Waals surface area (Å²) < 4.78 is 2.99. The third-order valence-electron chi connectivity index (χ3n) is 3.34. The Balaban J connectivity index is 1.80. The average molecular weight is 345 g/mol. The van der Waals surface area contributed by atoms with Crippen molar-refractivity contribution in [3.63, 3.8) is 0 Å². The van der Waals surface area contributed by atoms with Crippen LogP contribution in [0.15, 0.2) is 28.3 Å². The van der Waals surface area contributed by atoms with Crippen molar-refractivity contribution in [3.8, 4) is 0 Å². The number of hydrogen-bond donors (Lipinski definition) is 0. The lowest BCUT2D eigenvalue weighted by Crippen LogP contribution is -2.15. The molecule has 0 spiro atoms. The van der Waals surface area contributed by atoms with Crippen molar-refractivity contribution in [2.45, 2.75) is 25.7 Å². The van der Waals surface area contributed by atoms with Crippen molar-refractivity contribution in [2.24, 2.45) is 0 Å². The van der Waals surface area contributed by atoms with Gasteiger partial charge in [0.1, 0.15) is 10.1 Å². The number of rotatable bonds is 2. The van der Waals surface area contributed by atoms with Gasteiger partial charge in [0.2, 0.25) is 0 Å². The lowest BCUT2D eigenvalue weighted by atomic mass is 10.1. The predicted molar refractivity (Wildman–Crippen MR) is 97.3 cm³/mol. The summed E-state index contributed by atoms with van der Waals surface area (Å²) in [6, 6.07) is 0. The topological polar surface area (TPSA) is 6.48 Å². The van der Waals surface area contributed by atoms with E-state index < -0.39 is 0 Å². The Bertz CT molecular complexity index is 475. The van der Waals surface area contributed by atoms with Crippen LogP contribution in [0, 0.1) is 0 Å². The molecule has 0 unspecified atom stereocenters. The van der Waals surface area contributed by atoms with Crippen molar-refractivity contribution in [3.05, 3.63) is 28.3 Å². The van der Waals surface area contributed by atoms with Crippen LogP contribution in [0.1, 0.15) is 25.7 Å². The van der Waals surface area contributed by atoms with Gasteiger partial charge in [0.25, 0.3) is 0 Å². The van der Waals surface area contributed by atoms with Gasteiger partial charge < -0.3 is 9.80 Å². The minimum Gasteiger partial charge on any atom is -0.370 e. The summed E-state index contributed by atoms with van der Waals surface area (Å²) in [6.07, 6.45) is 5.35. The molecule has 2 heterocycles. The summed E-state index contributed by atoms with van der Waals surface area (Å²) in [5.74, 6) is 0. The summed E-state index contributed by atoms with van der Waals surface area (Å²) >= 11 is 7.94. The zero-order valence-corrected chi connectivity index (χ0v) is 15.6. The first-order valence-corrected chi connectivity index (χ1v) is 10.1. The molecule has 0 radical (unpaired) electrons. The van der Waals surface area contributed by atoms with Crippen molar-refractivity contribution in [1.82, 2.24) is 9.80 Å². The van der Waals surface area contributed by atoms with Gasteiger partial charge in [-0.15, -0.1) is 0 Å². The van der Waals surface area contributed by atoms with Gasteiger partial charge in [-0.2, -0.15) is 0 Å². The number of hydrogen-bond acceptors (Lipinski definition) is 6. The maximum absolute atomic E-state index is 2.23. The van der Waals surface area contributed by atoms with Crippen LogP contribution < -0.4 is 0 Å². The van der Waals surface area contributed by atoms with Crippen LogP contribution in [0.3, 0.4) is 0 Å². The zero-order chi connectivity index (χ0) is 14.3. The lowest BCUT2D eigenvalue weighted by Gasteiger charge is -2.18. The van der Waals surface area contributed by atoms with E-state index in [1.54, 1.807) is 9.81 Å². The van der Waals surface area contributed by atoms with E-state index in [1.807, 2.05) is 47.0 Å². The molecule has 3 aliphatic rings. The van der Waals surface area contributed by atoms with Crippen molar-refractivity contribution >= 4 is 47.0 Å². The number of nitrogens with zero attached hydrogens (tertiary/aromatic N) is 2. The highest BCUT2D eigenvalue weighted by atomic mass is 32.2. The molecule has 0 N–H and O–H groups in total. The van der Waals surface area contributed by atoms with Crippen molar-refractivity contribution in [1.29, 1.82) is 0 Å². The summed E-state index contributed by atoms with van der Waals surface area (Å²) in [5, 5.41) is 2.74. The normalized spacial score (nSPS) is 22.8. The van der Waals surface area contributed by atoms with Gasteiger partial charge in [-0.3, -0.25) is 0 Å². The van der Waals surface area contributed by atoms with Crippen LogP contribution in [0.25, 0.3) is 0 Å². The Kier molecular flexibility index (Phi) is 4.65. The Morgan fingerprint density at radius 1 is 0.650 bits per heavy atom. The summed E-state index contributed by atoms with van der Waals surface area (Å²) in [4.78, 5) is 7.76. The van der Waals surface area contributed by atoms with E-state index in [4.69, 9.17) is 0 Å². The van der Waals surface area contributed by atoms with Crippen LogP contribution in [0.2, 0.25) is 0 Å². The number of allylic oxidation sites excluding steroid dienone is 2. The largest absolute Gasteiger partial charge is 0.370 e. The van der Waals surface area contributed by atoms with Crippen molar-refractivity contribution in [2.75, 3.05) is 28.2 Å². The van der Waals surface area contributed by atoms with E-state index in [0.29, 0.717) is 0 Å². The monoisotopic (exact) mass is 344 g/mol. The van der Waals surface area contributed by atoms with E-state index in [1.165, 1.54) is 44.2 Å². The van der Waals surface area contributed by atoms with Gasteiger partial charge in [-0.25, -0.2) is 0 Å². The Morgan fingerprint density at radius 2 is 1.05 bits per heavy atom. The quantitative estimate of drug-likeness (QED) is 0.682. The molecule has 0 aromatic heterocycles. The molecule has 2 aliphatic heterocycles. The summed E-state index contributed by atoms with van der Waals surface area (Å²) in [6.45, 7) is 0. The summed E-state index contributed by atoms with van der Waals surface area (Å²) in [5.41, 5.74) is 0. The Hall–Kier alpha value is 0.220. The minimum atomic E-state index is 1.30. The van der Waals surface area contributed by atoms with E-state index in [9.17, 15) is 0 Å². The first-order valence-electron chi connectivity index (χ1n) is 6.83. The molecule has 0 amide bonds. The molecule has 0 bridgehead atoms. The van der Waals surface area contributed by atoms with Crippen LogP contribution in [0.4, 0.5) is 0 Å². The molecule has 20 heavy (non-hydrogen) atoms. The molecule has 0 aromatic rings. The second-order valence-corrected chi connectivity index (χ2v) is 10.2. The van der Waals surface area contributed by atoms with Crippen LogP contribution in [0.5, 0.6) is 0 Å². The Labute approximate surface area is 138 Å². The third kappa shape index (κ3) is 2.89. The SMILES string of the molecule is CN(C)C1=C(N(C)C)SC(=C2SC3=C(CCCC3)S2)S1. The van der Waals surface area contributed by atoms with Gasteiger partial charge >= 0.3 is 0 Å². The first-order chi connectivity index (χ1) is 9.56. The maximum atomic E-state index is 2.23. The highest BCUT2D eigenvalue weighted by Gasteiger charge is 2.31.